The number of hydrogen-bond acceptors (Lipinski definition) is 4. The Morgan fingerprint density at radius 2 is 1.95 bits per heavy atom. The number of hydrogen-bond donors (Lipinski definition) is 0. The summed E-state index contributed by atoms with van der Waals surface area (Å²) in [7, 11) is -3.53. The molecule has 5 nitrogen and oxygen atoms in total. The van der Waals surface area contributed by atoms with Crippen LogP contribution in [0.25, 0.3) is 0 Å². The molecule has 0 aromatic heterocycles. The minimum Gasteiger partial charge on any atom is -0.493 e. The molecule has 7 heteroatoms. The molecule has 1 fully saturated rings. The smallest absolute Gasteiger partial charge is 0.243 e. The molecule has 0 spiro atoms. The zero-order chi connectivity index (χ0) is 15.6. The molecule has 1 aromatic carbocycles. The maximum Gasteiger partial charge on any atom is 0.243 e. The molecule has 118 valence electrons. The number of morpholine rings is 1. The summed E-state index contributed by atoms with van der Waals surface area (Å²) < 4.78 is 38.7. The van der Waals surface area contributed by atoms with Gasteiger partial charge < -0.3 is 9.47 Å². The second kappa shape index (κ2) is 6.64. The molecule has 21 heavy (non-hydrogen) atoms. The van der Waals surface area contributed by atoms with Gasteiger partial charge in [-0.1, -0.05) is 0 Å². The van der Waals surface area contributed by atoms with Crippen LogP contribution in [0.15, 0.2) is 27.6 Å². The lowest BCUT2D eigenvalue weighted by atomic mass is 10.3. The van der Waals surface area contributed by atoms with Gasteiger partial charge in [0, 0.05) is 19.2 Å². The van der Waals surface area contributed by atoms with E-state index in [1.54, 1.807) is 18.2 Å². The van der Waals surface area contributed by atoms with Gasteiger partial charge in [-0.25, -0.2) is 8.42 Å². The van der Waals surface area contributed by atoms with E-state index < -0.39 is 10.0 Å². The maximum absolute atomic E-state index is 12.7. The molecule has 0 saturated carbocycles. The molecule has 2 atom stereocenters. The highest BCUT2D eigenvalue weighted by Crippen LogP contribution is 2.30. The molecule has 0 N–H and O–H groups in total. The average Bonchev–Trinajstić information content (AvgIpc) is 2.40. The average molecular weight is 378 g/mol. The van der Waals surface area contributed by atoms with E-state index in [1.165, 1.54) is 4.31 Å². The quantitative estimate of drug-likeness (QED) is 0.809. The number of rotatable bonds is 4. The minimum atomic E-state index is -3.53. The van der Waals surface area contributed by atoms with E-state index in [9.17, 15) is 8.42 Å². The third-order valence-corrected chi connectivity index (χ3v) is 5.71. The molecule has 0 aliphatic carbocycles. The van der Waals surface area contributed by atoms with Crippen LogP contribution in [0, 0.1) is 0 Å². The first-order valence-electron chi connectivity index (χ1n) is 6.92. The number of sulfonamides is 1. The normalized spacial score (nSPS) is 24.0. The molecule has 0 bridgehead atoms. The second-order valence-corrected chi connectivity index (χ2v) is 7.90. The Balaban J connectivity index is 2.33. The van der Waals surface area contributed by atoms with Crippen molar-refractivity contribution in [2.24, 2.45) is 0 Å². The van der Waals surface area contributed by atoms with E-state index in [0.29, 0.717) is 25.4 Å². The molecule has 0 radical (unpaired) electrons. The monoisotopic (exact) mass is 377 g/mol. The Labute approximate surface area is 134 Å². The first-order chi connectivity index (χ1) is 9.84. The van der Waals surface area contributed by atoms with Crippen molar-refractivity contribution in [1.29, 1.82) is 0 Å². The van der Waals surface area contributed by atoms with Crippen molar-refractivity contribution in [1.82, 2.24) is 4.31 Å². The Bertz CT molecular complexity index is 595. The Morgan fingerprint density at radius 3 is 2.52 bits per heavy atom. The molecular formula is C14H20BrNO4S. The summed E-state index contributed by atoms with van der Waals surface area (Å²) in [5, 5.41) is 0. The highest BCUT2D eigenvalue weighted by molar-refractivity contribution is 9.10. The van der Waals surface area contributed by atoms with Crippen molar-refractivity contribution >= 4 is 26.0 Å². The SMILES string of the molecule is CCOc1cc(S(=O)(=O)N2C[C@H](C)O[C@@H](C)C2)ccc1Br. The van der Waals surface area contributed by atoms with Crippen LogP contribution in [0.1, 0.15) is 20.8 Å². The van der Waals surface area contributed by atoms with Crippen molar-refractivity contribution in [2.75, 3.05) is 19.7 Å². The molecule has 0 amide bonds. The van der Waals surface area contributed by atoms with Crippen LogP contribution < -0.4 is 4.74 Å². The molecule has 1 aliphatic rings. The van der Waals surface area contributed by atoms with E-state index in [4.69, 9.17) is 9.47 Å². The maximum atomic E-state index is 12.7. The van der Waals surface area contributed by atoms with Crippen LogP contribution in [0.2, 0.25) is 0 Å². The van der Waals surface area contributed by atoms with Crippen molar-refractivity contribution in [3.05, 3.63) is 22.7 Å². The zero-order valence-corrected chi connectivity index (χ0v) is 14.8. The van der Waals surface area contributed by atoms with Crippen LogP contribution >= 0.6 is 15.9 Å². The number of halogens is 1. The fourth-order valence-corrected chi connectivity index (χ4v) is 4.35. The van der Waals surface area contributed by atoms with Gasteiger partial charge in [-0.3, -0.25) is 0 Å². The van der Waals surface area contributed by atoms with E-state index in [0.717, 1.165) is 4.47 Å². The summed E-state index contributed by atoms with van der Waals surface area (Å²) in [4.78, 5) is 0.246. The van der Waals surface area contributed by atoms with Crippen LogP contribution in [-0.4, -0.2) is 44.6 Å². The summed E-state index contributed by atoms with van der Waals surface area (Å²) in [6.45, 7) is 6.84. The first kappa shape index (κ1) is 16.7. The van der Waals surface area contributed by atoms with Gasteiger partial charge in [0.1, 0.15) is 5.75 Å². The van der Waals surface area contributed by atoms with Crippen LogP contribution in [0.3, 0.4) is 0 Å². The highest BCUT2D eigenvalue weighted by atomic mass is 79.9. The molecule has 1 aliphatic heterocycles. The zero-order valence-electron chi connectivity index (χ0n) is 12.4. The molecular weight excluding hydrogens is 358 g/mol. The largest absolute Gasteiger partial charge is 0.493 e. The van der Waals surface area contributed by atoms with Crippen LogP contribution in [0.4, 0.5) is 0 Å². The standard InChI is InChI=1S/C14H20BrNO4S/c1-4-19-14-7-12(5-6-13(14)15)21(17,18)16-8-10(2)20-11(3)9-16/h5-7,10-11H,4,8-9H2,1-3H3/t10-,11-/m0/s1. The van der Waals surface area contributed by atoms with Gasteiger partial charge >= 0.3 is 0 Å². The van der Waals surface area contributed by atoms with Gasteiger partial charge in [0.15, 0.2) is 0 Å². The van der Waals surface area contributed by atoms with E-state index >= 15 is 0 Å². The summed E-state index contributed by atoms with van der Waals surface area (Å²) >= 11 is 3.36. The third kappa shape index (κ3) is 3.77. The Hall–Kier alpha value is -0.630. The summed E-state index contributed by atoms with van der Waals surface area (Å²) in [6, 6.07) is 4.85. The lowest BCUT2D eigenvalue weighted by Gasteiger charge is -2.34. The Morgan fingerprint density at radius 1 is 1.33 bits per heavy atom. The van der Waals surface area contributed by atoms with Gasteiger partial charge in [-0.2, -0.15) is 4.31 Å². The van der Waals surface area contributed by atoms with Crippen molar-refractivity contribution in [3.63, 3.8) is 0 Å². The number of ether oxygens (including phenoxy) is 2. The van der Waals surface area contributed by atoms with E-state index in [2.05, 4.69) is 15.9 Å². The summed E-state index contributed by atoms with van der Waals surface area (Å²) in [5.74, 6) is 0.535. The van der Waals surface area contributed by atoms with Crippen molar-refractivity contribution < 1.29 is 17.9 Å². The van der Waals surface area contributed by atoms with Crippen LogP contribution in [0.5, 0.6) is 5.75 Å². The van der Waals surface area contributed by atoms with Gasteiger partial charge in [0.25, 0.3) is 0 Å². The van der Waals surface area contributed by atoms with Gasteiger partial charge in [-0.15, -0.1) is 0 Å². The first-order valence-corrected chi connectivity index (χ1v) is 9.16. The molecule has 1 heterocycles. The highest BCUT2D eigenvalue weighted by Gasteiger charge is 2.32. The third-order valence-electron chi connectivity index (χ3n) is 3.23. The molecule has 2 rings (SSSR count). The van der Waals surface area contributed by atoms with Gasteiger partial charge in [0.05, 0.1) is 28.2 Å². The van der Waals surface area contributed by atoms with Gasteiger partial charge in [-0.05, 0) is 48.8 Å². The molecule has 1 aromatic rings. The minimum absolute atomic E-state index is 0.106. The second-order valence-electron chi connectivity index (χ2n) is 5.10. The van der Waals surface area contributed by atoms with Crippen molar-refractivity contribution in [2.45, 2.75) is 37.9 Å². The summed E-state index contributed by atoms with van der Waals surface area (Å²) in [5.41, 5.74) is 0. The number of nitrogens with zero attached hydrogens (tertiary/aromatic N) is 1. The molecule has 1 saturated heterocycles. The van der Waals surface area contributed by atoms with E-state index in [1.807, 2.05) is 20.8 Å². The summed E-state index contributed by atoms with van der Waals surface area (Å²) in [6.07, 6.45) is -0.212. The number of benzene rings is 1. The fraction of sp³-hybridized carbons (Fsp3) is 0.571. The fourth-order valence-electron chi connectivity index (χ4n) is 2.39. The predicted molar refractivity (Wildman–Crippen MR) is 84.1 cm³/mol. The topological polar surface area (TPSA) is 55.8 Å². The van der Waals surface area contributed by atoms with E-state index in [-0.39, 0.29) is 17.1 Å². The predicted octanol–water partition coefficient (Wildman–Crippen LogP) is 2.65. The lowest BCUT2D eigenvalue weighted by Crippen LogP contribution is -2.48. The van der Waals surface area contributed by atoms with Crippen LogP contribution in [-0.2, 0) is 14.8 Å². The van der Waals surface area contributed by atoms with Crippen molar-refractivity contribution in [3.8, 4) is 5.75 Å². The molecule has 0 unspecified atom stereocenters. The lowest BCUT2D eigenvalue weighted by molar-refractivity contribution is -0.0440. The Kier molecular flexibility index (Phi) is 5.29. The van der Waals surface area contributed by atoms with Gasteiger partial charge in [0.2, 0.25) is 10.0 Å².